The second-order valence-corrected chi connectivity index (χ2v) is 5.77. The summed E-state index contributed by atoms with van der Waals surface area (Å²) in [6, 6.07) is 5.08. The van der Waals surface area contributed by atoms with Crippen LogP contribution in [0.1, 0.15) is 30.8 Å². The van der Waals surface area contributed by atoms with Gasteiger partial charge < -0.3 is 0 Å². The molecule has 19 heavy (non-hydrogen) atoms. The molecule has 2 nitrogen and oxygen atoms in total. The van der Waals surface area contributed by atoms with Crippen LogP contribution in [0.5, 0.6) is 0 Å². The number of hydrogen-bond donors (Lipinski definition) is 0. The largest absolute Gasteiger partial charge is 0.264 e. The number of aromatic nitrogens is 2. The summed E-state index contributed by atoms with van der Waals surface area (Å²) in [5.74, 6) is -0.352. The molecule has 0 fully saturated rings. The maximum absolute atomic E-state index is 13.9. The van der Waals surface area contributed by atoms with Gasteiger partial charge in [0.2, 0.25) is 0 Å². The van der Waals surface area contributed by atoms with Crippen molar-refractivity contribution in [2.45, 2.75) is 33.2 Å². The van der Waals surface area contributed by atoms with Crippen molar-refractivity contribution in [3.63, 3.8) is 0 Å². The summed E-state index contributed by atoms with van der Waals surface area (Å²) in [6.07, 6.45) is 1.77. The number of nitrogens with zero attached hydrogens (tertiary/aromatic N) is 2. The zero-order valence-electron chi connectivity index (χ0n) is 10.9. The van der Waals surface area contributed by atoms with Crippen molar-refractivity contribution < 1.29 is 4.39 Å². The molecule has 1 heterocycles. The van der Waals surface area contributed by atoms with Gasteiger partial charge in [0.1, 0.15) is 5.82 Å². The molecular formula is C14H15ClFIN2. The predicted octanol–water partition coefficient (Wildman–Crippen LogP) is 4.45. The predicted molar refractivity (Wildman–Crippen MR) is 84.2 cm³/mol. The van der Waals surface area contributed by atoms with Gasteiger partial charge in [-0.1, -0.05) is 37.6 Å². The monoisotopic (exact) mass is 392 g/mol. The van der Waals surface area contributed by atoms with Crippen LogP contribution >= 0.6 is 34.2 Å². The first kappa shape index (κ1) is 14.8. The highest BCUT2D eigenvalue weighted by atomic mass is 127. The number of halogens is 3. The standard InChI is InChI=1S/C14H15ClFIN2/c1-3-11-14(17)12(4-2)19(18-11)8-9-6-5-7-10(15)13(9)16/h5-7H,3-4,8H2,1-2H3. The Balaban J connectivity index is 2.40. The van der Waals surface area contributed by atoms with E-state index in [9.17, 15) is 4.39 Å². The van der Waals surface area contributed by atoms with Gasteiger partial charge in [-0.3, -0.25) is 4.68 Å². The lowest BCUT2D eigenvalue weighted by atomic mass is 10.2. The van der Waals surface area contributed by atoms with Gasteiger partial charge in [0.25, 0.3) is 0 Å². The Labute approximate surface area is 131 Å². The first-order valence-corrected chi connectivity index (χ1v) is 7.71. The Morgan fingerprint density at radius 2 is 2.05 bits per heavy atom. The van der Waals surface area contributed by atoms with Crippen LogP contribution in [-0.2, 0) is 19.4 Å². The van der Waals surface area contributed by atoms with Gasteiger partial charge in [-0.15, -0.1) is 0 Å². The van der Waals surface area contributed by atoms with Crippen molar-refractivity contribution in [3.05, 3.63) is 49.6 Å². The second-order valence-electron chi connectivity index (χ2n) is 4.29. The number of benzene rings is 1. The third kappa shape index (κ3) is 2.94. The number of aryl methyl sites for hydroxylation is 1. The average Bonchev–Trinajstić information content (AvgIpc) is 2.70. The highest BCUT2D eigenvalue weighted by Crippen LogP contribution is 2.22. The fraction of sp³-hybridized carbons (Fsp3) is 0.357. The van der Waals surface area contributed by atoms with E-state index in [1.165, 1.54) is 3.57 Å². The molecule has 2 rings (SSSR count). The van der Waals surface area contributed by atoms with Crippen molar-refractivity contribution in [2.75, 3.05) is 0 Å². The summed E-state index contributed by atoms with van der Waals surface area (Å²) in [5, 5.41) is 4.72. The van der Waals surface area contributed by atoms with Crippen LogP contribution in [0.4, 0.5) is 4.39 Å². The molecule has 0 saturated heterocycles. The SMILES string of the molecule is CCc1nn(Cc2cccc(Cl)c2F)c(CC)c1I. The molecule has 0 N–H and O–H groups in total. The fourth-order valence-electron chi connectivity index (χ4n) is 2.06. The first-order valence-electron chi connectivity index (χ1n) is 6.25. The van der Waals surface area contributed by atoms with Crippen LogP contribution in [0.25, 0.3) is 0 Å². The van der Waals surface area contributed by atoms with Crippen LogP contribution < -0.4 is 0 Å². The van der Waals surface area contributed by atoms with Gasteiger partial charge >= 0.3 is 0 Å². The molecule has 0 radical (unpaired) electrons. The molecular weight excluding hydrogens is 378 g/mol. The van der Waals surface area contributed by atoms with E-state index in [0.717, 1.165) is 24.2 Å². The minimum absolute atomic E-state index is 0.160. The fourth-order valence-corrected chi connectivity index (χ4v) is 3.40. The van der Waals surface area contributed by atoms with Crippen LogP contribution in [0, 0.1) is 9.39 Å². The summed E-state index contributed by atoms with van der Waals surface area (Å²) >= 11 is 8.13. The van der Waals surface area contributed by atoms with E-state index in [1.54, 1.807) is 18.2 Å². The molecule has 2 aromatic rings. The molecule has 0 spiro atoms. The zero-order chi connectivity index (χ0) is 14.0. The molecule has 1 aromatic heterocycles. The average molecular weight is 393 g/mol. The molecule has 0 atom stereocenters. The van der Waals surface area contributed by atoms with Gasteiger partial charge in [-0.05, 0) is 41.5 Å². The maximum atomic E-state index is 13.9. The topological polar surface area (TPSA) is 17.8 Å². The molecule has 0 aliphatic carbocycles. The van der Waals surface area contributed by atoms with Gasteiger partial charge in [0.15, 0.2) is 0 Å². The Morgan fingerprint density at radius 3 is 2.68 bits per heavy atom. The zero-order valence-corrected chi connectivity index (χ0v) is 13.8. The Morgan fingerprint density at radius 1 is 1.32 bits per heavy atom. The third-order valence-corrected chi connectivity index (χ3v) is 4.62. The molecule has 0 unspecified atom stereocenters. The number of hydrogen-bond acceptors (Lipinski definition) is 1. The summed E-state index contributed by atoms with van der Waals surface area (Å²) < 4.78 is 17.0. The quantitative estimate of drug-likeness (QED) is 0.703. The van der Waals surface area contributed by atoms with Crippen molar-refractivity contribution in [1.82, 2.24) is 9.78 Å². The summed E-state index contributed by atoms with van der Waals surface area (Å²) in [7, 11) is 0. The van der Waals surface area contributed by atoms with Crippen LogP contribution in [0.3, 0.4) is 0 Å². The lowest BCUT2D eigenvalue weighted by molar-refractivity contribution is 0.574. The van der Waals surface area contributed by atoms with Crippen molar-refractivity contribution in [2.24, 2.45) is 0 Å². The van der Waals surface area contributed by atoms with E-state index in [0.29, 0.717) is 12.1 Å². The summed E-state index contributed by atoms with van der Waals surface area (Å²) in [4.78, 5) is 0. The molecule has 1 aromatic carbocycles. The van der Waals surface area contributed by atoms with E-state index < -0.39 is 0 Å². The summed E-state index contributed by atoms with van der Waals surface area (Å²) in [5.41, 5.74) is 2.79. The minimum atomic E-state index is -0.352. The molecule has 5 heteroatoms. The molecule has 0 aliphatic rings. The van der Waals surface area contributed by atoms with E-state index in [-0.39, 0.29) is 10.8 Å². The van der Waals surface area contributed by atoms with Crippen LogP contribution in [0.15, 0.2) is 18.2 Å². The molecule has 0 bridgehead atoms. The van der Waals surface area contributed by atoms with Crippen LogP contribution in [-0.4, -0.2) is 9.78 Å². The second kappa shape index (κ2) is 6.22. The normalized spacial score (nSPS) is 11.0. The van der Waals surface area contributed by atoms with Gasteiger partial charge in [-0.2, -0.15) is 5.10 Å². The Kier molecular flexibility index (Phi) is 4.84. The smallest absolute Gasteiger partial charge is 0.146 e. The van der Waals surface area contributed by atoms with E-state index in [4.69, 9.17) is 11.6 Å². The van der Waals surface area contributed by atoms with E-state index in [1.807, 2.05) is 4.68 Å². The lowest BCUT2D eigenvalue weighted by Gasteiger charge is -2.08. The lowest BCUT2D eigenvalue weighted by Crippen LogP contribution is -2.08. The van der Waals surface area contributed by atoms with Gasteiger partial charge in [0, 0.05) is 5.56 Å². The molecule has 0 saturated carbocycles. The van der Waals surface area contributed by atoms with Crippen molar-refractivity contribution in [3.8, 4) is 0 Å². The molecule has 0 aliphatic heterocycles. The van der Waals surface area contributed by atoms with E-state index in [2.05, 4.69) is 41.5 Å². The van der Waals surface area contributed by atoms with Crippen molar-refractivity contribution in [1.29, 1.82) is 0 Å². The van der Waals surface area contributed by atoms with Crippen LogP contribution in [0.2, 0.25) is 5.02 Å². The first-order chi connectivity index (χ1) is 9.08. The summed E-state index contributed by atoms with van der Waals surface area (Å²) in [6.45, 7) is 4.59. The van der Waals surface area contributed by atoms with Gasteiger partial charge in [0.05, 0.1) is 26.5 Å². The highest BCUT2D eigenvalue weighted by Gasteiger charge is 2.15. The van der Waals surface area contributed by atoms with E-state index >= 15 is 0 Å². The minimum Gasteiger partial charge on any atom is -0.264 e. The molecule has 0 amide bonds. The Bertz CT molecular complexity index is 595. The molecule has 102 valence electrons. The maximum Gasteiger partial charge on any atom is 0.146 e. The van der Waals surface area contributed by atoms with Gasteiger partial charge in [-0.25, -0.2) is 4.39 Å². The number of rotatable bonds is 4. The third-order valence-electron chi connectivity index (χ3n) is 3.08. The highest BCUT2D eigenvalue weighted by molar-refractivity contribution is 14.1. The Hall–Kier alpha value is -0.620. The van der Waals surface area contributed by atoms with Crippen molar-refractivity contribution >= 4 is 34.2 Å².